The number of piperidine rings is 1. The Morgan fingerprint density at radius 1 is 1.12 bits per heavy atom. The second-order valence-corrected chi connectivity index (χ2v) is 13.9. The van der Waals surface area contributed by atoms with E-state index in [-0.39, 0.29) is 22.9 Å². The predicted octanol–water partition coefficient (Wildman–Crippen LogP) is 3.59. The fourth-order valence-electron chi connectivity index (χ4n) is 6.69. The lowest BCUT2D eigenvalue weighted by molar-refractivity contribution is -0.128. The highest BCUT2D eigenvalue weighted by atomic mass is 32.2. The number of Topliss-reactive ketones (excluding diaryl/α,β-unsaturated/α-hetero) is 1. The highest BCUT2D eigenvalue weighted by Crippen LogP contribution is 2.64. The van der Waals surface area contributed by atoms with Gasteiger partial charge in [0.25, 0.3) is 0 Å². The van der Waals surface area contributed by atoms with Gasteiger partial charge >= 0.3 is 0 Å². The van der Waals surface area contributed by atoms with Crippen molar-refractivity contribution in [3.63, 3.8) is 0 Å². The Morgan fingerprint density at radius 3 is 2.44 bits per heavy atom. The molecule has 4 aliphatic rings. The lowest BCUT2D eigenvalue weighted by Crippen LogP contribution is -2.55. The summed E-state index contributed by atoms with van der Waals surface area (Å²) in [5.41, 5.74) is 0.993. The van der Waals surface area contributed by atoms with Gasteiger partial charge < -0.3 is 0 Å². The van der Waals surface area contributed by atoms with Crippen LogP contribution in [0.4, 0.5) is 5.69 Å². The number of carbonyl (C=O) groups is 2. The van der Waals surface area contributed by atoms with Crippen molar-refractivity contribution in [3.8, 4) is 0 Å². The maximum atomic E-state index is 13.5. The number of fused-ring (bicyclic) bond motifs is 2. The number of anilines is 1. The van der Waals surface area contributed by atoms with Crippen molar-refractivity contribution >= 4 is 39.2 Å². The third kappa shape index (κ3) is 3.12. The normalized spacial score (nSPS) is 31.7. The highest BCUT2D eigenvalue weighted by Gasteiger charge is 2.65. The maximum absolute atomic E-state index is 13.5. The summed E-state index contributed by atoms with van der Waals surface area (Å²) >= 11 is 1.64. The summed E-state index contributed by atoms with van der Waals surface area (Å²) in [5, 5.41) is 0. The molecule has 174 valence electrons. The summed E-state index contributed by atoms with van der Waals surface area (Å²) in [6.07, 6.45) is 3.36. The molecule has 1 aromatic rings. The average Bonchev–Trinajstić information content (AvgIpc) is 3.23. The van der Waals surface area contributed by atoms with E-state index in [2.05, 4.69) is 13.8 Å². The van der Waals surface area contributed by atoms with E-state index in [0.717, 1.165) is 17.7 Å². The number of carbonyl (C=O) groups excluding carboxylic acids is 2. The van der Waals surface area contributed by atoms with E-state index < -0.39 is 20.3 Å². The van der Waals surface area contributed by atoms with Crippen molar-refractivity contribution in [1.82, 2.24) is 4.31 Å². The molecule has 6 nitrogen and oxygen atoms in total. The number of benzene rings is 1. The number of sulfonamides is 1. The minimum atomic E-state index is -3.56. The van der Waals surface area contributed by atoms with Crippen molar-refractivity contribution in [1.29, 1.82) is 0 Å². The Hall–Kier alpha value is -1.38. The van der Waals surface area contributed by atoms with Crippen LogP contribution in [0.3, 0.4) is 0 Å². The molecule has 2 heterocycles. The van der Waals surface area contributed by atoms with E-state index >= 15 is 0 Å². The van der Waals surface area contributed by atoms with Crippen LogP contribution < -0.4 is 4.90 Å². The van der Waals surface area contributed by atoms with Gasteiger partial charge in [0.15, 0.2) is 0 Å². The van der Waals surface area contributed by atoms with Crippen molar-refractivity contribution in [2.24, 2.45) is 16.7 Å². The molecule has 8 heteroatoms. The molecule has 4 fully saturated rings. The molecule has 1 aromatic carbocycles. The largest absolute Gasteiger partial charge is 0.299 e. The van der Waals surface area contributed by atoms with Crippen molar-refractivity contribution in [2.75, 3.05) is 29.5 Å². The van der Waals surface area contributed by atoms with E-state index in [1.807, 2.05) is 36.1 Å². The summed E-state index contributed by atoms with van der Waals surface area (Å²) in [6.45, 7) is 6.95. The molecule has 2 atom stereocenters. The van der Waals surface area contributed by atoms with E-state index in [1.54, 1.807) is 16.1 Å². The molecule has 2 aliphatic carbocycles. The second-order valence-electron chi connectivity index (χ2n) is 10.6. The van der Waals surface area contributed by atoms with Gasteiger partial charge in [-0.2, -0.15) is 0 Å². The summed E-state index contributed by atoms with van der Waals surface area (Å²) in [5.74, 6) is 0.889. The van der Waals surface area contributed by atoms with Crippen LogP contribution >= 0.6 is 11.8 Å². The Balaban J connectivity index is 1.35. The molecule has 0 unspecified atom stereocenters. The molecule has 32 heavy (non-hydrogen) atoms. The van der Waals surface area contributed by atoms with E-state index in [4.69, 9.17) is 0 Å². The molecule has 2 saturated carbocycles. The quantitative estimate of drug-likeness (QED) is 0.664. The average molecular weight is 477 g/mol. The fourth-order valence-corrected chi connectivity index (χ4v) is 10.2. The maximum Gasteiger partial charge on any atom is 0.238 e. The molecule has 2 bridgehead atoms. The molecule has 2 saturated heterocycles. The van der Waals surface area contributed by atoms with Crippen LogP contribution in [0.2, 0.25) is 0 Å². The standard InChI is InChI=1S/C24H32N2O4S2/c1-17-5-4-6-19(13-17)26-21(28)15-31-24(26)9-11-25(12-10-24)32(29,30)16-23-8-7-18(14-20(23)27)22(23,2)3/h4-6,13,18H,7-12,14-16H2,1-3H3/t18-,23+/m0/s1. The number of hydrogen-bond donors (Lipinski definition) is 0. The molecule has 0 N–H and O–H groups in total. The number of rotatable bonds is 4. The highest BCUT2D eigenvalue weighted by molar-refractivity contribution is 8.02. The first kappa shape index (κ1) is 22.4. The predicted molar refractivity (Wildman–Crippen MR) is 127 cm³/mol. The first-order valence-corrected chi connectivity index (χ1v) is 14.2. The van der Waals surface area contributed by atoms with Crippen LogP contribution in [0.15, 0.2) is 24.3 Å². The van der Waals surface area contributed by atoms with Crippen LogP contribution in [0.1, 0.15) is 51.5 Å². The van der Waals surface area contributed by atoms with Gasteiger partial charge in [-0.25, -0.2) is 12.7 Å². The van der Waals surface area contributed by atoms with Crippen LogP contribution in [-0.4, -0.2) is 53.9 Å². The van der Waals surface area contributed by atoms with Crippen LogP contribution in [-0.2, 0) is 19.6 Å². The second kappa shape index (κ2) is 7.31. The fraction of sp³-hybridized carbons (Fsp3) is 0.667. The Kier molecular flexibility index (Phi) is 5.12. The summed E-state index contributed by atoms with van der Waals surface area (Å²) < 4.78 is 28.6. The van der Waals surface area contributed by atoms with Gasteiger partial charge in [0.1, 0.15) is 5.78 Å². The van der Waals surface area contributed by atoms with Gasteiger partial charge in [-0.1, -0.05) is 26.0 Å². The molecular weight excluding hydrogens is 444 g/mol. The number of thioether (sulfide) groups is 1. The molecule has 1 amide bonds. The minimum absolute atomic E-state index is 0.0665. The lowest BCUT2D eigenvalue weighted by Gasteiger charge is -2.44. The van der Waals surface area contributed by atoms with E-state index in [9.17, 15) is 18.0 Å². The Bertz CT molecular complexity index is 1080. The number of hydrogen-bond acceptors (Lipinski definition) is 5. The van der Waals surface area contributed by atoms with Gasteiger partial charge in [0.05, 0.1) is 16.4 Å². The topological polar surface area (TPSA) is 74.8 Å². The summed E-state index contributed by atoms with van der Waals surface area (Å²) in [4.78, 5) is 27.2. The monoisotopic (exact) mass is 476 g/mol. The Labute approximate surface area is 195 Å². The molecule has 1 spiro atoms. The number of nitrogens with zero attached hydrogens (tertiary/aromatic N) is 2. The number of amides is 1. The summed E-state index contributed by atoms with van der Waals surface area (Å²) in [7, 11) is -3.56. The summed E-state index contributed by atoms with van der Waals surface area (Å²) in [6, 6.07) is 7.96. The van der Waals surface area contributed by atoms with Crippen LogP contribution in [0.25, 0.3) is 0 Å². The van der Waals surface area contributed by atoms with E-state index in [0.29, 0.717) is 50.4 Å². The van der Waals surface area contributed by atoms with Crippen molar-refractivity contribution < 1.29 is 18.0 Å². The third-order valence-electron chi connectivity index (χ3n) is 8.85. The molecule has 0 radical (unpaired) electrons. The first-order chi connectivity index (χ1) is 15.0. The first-order valence-electron chi connectivity index (χ1n) is 11.6. The van der Waals surface area contributed by atoms with Gasteiger partial charge in [-0.05, 0) is 61.6 Å². The third-order valence-corrected chi connectivity index (χ3v) is 12.4. The van der Waals surface area contributed by atoms with Gasteiger partial charge in [0.2, 0.25) is 15.9 Å². The van der Waals surface area contributed by atoms with Gasteiger partial charge in [-0.15, -0.1) is 11.8 Å². The zero-order chi connectivity index (χ0) is 22.9. The van der Waals surface area contributed by atoms with Crippen LogP contribution in [0, 0.1) is 23.7 Å². The Morgan fingerprint density at radius 2 is 1.84 bits per heavy atom. The molecule has 2 aliphatic heterocycles. The number of ketones is 1. The zero-order valence-electron chi connectivity index (χ0n) is 19.1. The van der Waals surface area contributed by atoms with Crippen molar-refractivity contribution in [3.05, 3.63) is 29.8 Å². The van der Waals surface area contributed by atoms with Crippen LogP contribution in [0.5, 0.6) is 0 Å². The van der Waals surface area contributed by atoms with Gasteiger partial charge in [0, 0.05) is 30.6 Å². The molecule has 0 aromatic heterocycles. The molecule has 5 rings (SSSR count). The SMILES string of the molecule is Cc1cccc(N2C(=O)CSC23CCN(S(=O)(=O)C[C@]24CC[C@@H](CC2=O)C4(C)C)CC3)c1. The molecular formula is C24H32N2O4S2. The minimum Gasteiger partial charge on any atom is -0.299 e. The number of aryl methyl sites for hydroxylation is 1. The zero-order valence-corrected chi connectivity index (χ0v) is 20.7. The van der Waals surface area contributed by atoms with Crippen molar-refractivity contribution in [2.45, 2.75) is 57.7 Å². The van der Waals surface area contributed by atoms with Gasteiger partial charge in [-0.3, -0.25) is 14.5 Å². The van der Waals surface area contributed by atoms with E-state index in [1.165, 1.54) is 0 Å². The smallest absolute Gasteiger partial charge is 0.238 e. The lowest BCUT2D eigenvalue weighted by atomic mass is 9.70.